The summed E-state index contributed by atoms with van der Waals surface area (Å²) in [7, 11) is 1.63. The molecule has 2 unspecified atom stereocenters. The first-order chi connectivity index (χ1) is 15.0. The molecule has 0 bridgehead atoms. The molecule has 4 aromatic rings. The van der Waals surface area contributed by atoms with Gasteiger partial charge in [0.25, 0.3) is 5.56 Å². The number of hydrogen-bond donors (Lipinski definition) is 0. The van der Waals surface area contributed by atoms with E-state index < -0.39 is 0 Å². The van der Waals surface area contributed by atoms with E-state index in [-0.39, 0.29) is 24.1 Å². The molecule has 30 heavy (non-hydrogen) atoms. The van der Waals surface area contributed by atoms with Crippen molar-refractivity contribution in [2.45, 2.75) is 19.4 Å². The van der Waals surface area contributed by atoms with Gasteiger partial charge in [-0.1, -0.05) is 17.3 Å². The number of aromatic nitrogens is 6. The van der Waals surface area contributed by atoms with Gasteiger partial charge in [-0.25, -0.2) is 9.97 Å². The zero-order valence-electron chi connectivity index (χ0n) is 17.7. The number of rotatable bonds is 4. The smallest absolute Gasteiger partial charge is 0.280 e. The van der Waals surface area contributed by atoms with Crippen LogP contribution in [0.5, 0.6) is 0 Å². The molecule has 9 nitrogen and oxygen atoms in total. The summed E-state index contributed by atoms with van der Waals surface area (Å²) in [4.78, 5) is 27.9. The summed E-state index contributed by atoms with van der Waals surface area (Å²) < 4.78 is 16.0. The van der Waals surface area contributed by atoms with E-state index in [0.717, 1.165) is 18.9 Å². The van der Waals surface area contributed by atoms with E-state index in [1.807, 2.05) is 0 Å². The second-order valence-corrected chi connectivity index (χ2v) is 8.26. The Balaban J connectivity index is 1.18. The SMILES string of the molecule is [2H]c1nc2ncn(Cc3nc(C4C5CN(c6cccc(C)c6)CC54)no3)c(=O)c2n1C. The first-order valence-electron chi connectivity index (χ1n) is 10.5. The van der Waals surface area contributed by atoms with E-state index in [1.165, 1.54) is 26.7 Å². The quantitative estimate of drug-likeness (QED) is 0.511. The molecule has 2 atom stereocenters. The average molecular weight is 404 g/mol. The molecule has 2 fully saturated rings. The van der Waals surface area contributed by atoms with Crippen molar-refractivity contribution in [3.8, 4) is 0 Å². The van der Waals surface area contributed by atoms with Crippen LogP contribution < -0.4 is 10.5 Å². The van der Waals surface area contributed by atoms with Crippen LogP contribution >= 0.6 is 0 Å². The first-order valence-corrected chi connectivity index (χ1v) is 10.0. The number of fused-ring (bicyclic) bond motifs is 2. The predicted molar refractivity (Wildman–Crippen MR) is 109 cm³/mol. The molecule has 6 rings (SSSR count). The van der Waals surface area contributed by atoms with Crippen LogP contribution in [0.4, 0.5) is 5.69 Å². The molecule has 0 spiro atoms. The summed E-state index contributed by atoms with van der Waals surface area (Å²) in [5.41, 5.74) is 2.82. The van der Waals surface area contributed by atoms with Gasteiger partial charge >= 0.3 is 0 Å². The van der Waals surface area contributed by atoms with Crippen molar-refractivity contribution in [1.82, 2.24) is 29.2 Å². The lowest BCUT2D eigenvalue weighted by Crippen LogP contribution is -2.24. The van der Waals surface area contributed by atoms with Gasteiger partial charge in [0.05, 0.1) is 6.30 Å². The maximum absolute atomic E-state index is 12.8. The van der Waals surface area contributed by atoms with E-state index in [2.05, 4.69) is 56.2 Å². The lowest BCUT2D eigenvalue weighted by Gasteiger charge is -2.21. The summed E-state index contributed by atoms with van der Waals surface area (Å²) in [6.07, 6.45) is 1.41. The summed E-state index contributed by atoms with van der Waals surface area (Å²) in [6, 6.07) is 8.60. The first kappa shape index (κ1) is 16.3. The van der Waals surface area contributed by atoms with Crippen LogP contribution in [0.2, 0.25) is 0 Å². The van der Waals surface area contributed by atoms with Gasteiger partial charge in [0.1, 0.15) is 14.2 Å². The highest BCUT2D eigenvalue weighted by Gasteiger charge is 2.58. The zero-order valence-corrected chi connectivity index (χ0v) is 16.7. The van der Waals surface area contributed by atoms with Crippen LogP contribution in [0.3, 0.4) is 0 Å². The van der Waals surface area contributed by atoms with Crippen LogP contribution in [0.1, 0.15) is 24.6 Å². The fourth-order valence-corrected chi connectivity index (χ4v) is 4.69. The highest BCUT2D eigenvalue weighted by molar-refractivity contribution is 5.68. The molecule has 3 aromatic heterocycles. The van der Waals surface area contributed by atoms with Crippen molar-refractivity contribution in [3.63, 3.8) is 0 Å². The van der Waals surface area contributed by atoms with Crippen LogP contribution in [-0.2, 0) is 13.6 Å². The molecule has 2 aliphatic rings. The normalized spacial score (nSPS) is 23.1. The fourth-order valence-electron chi connectivity index (χ4n) is 4.69. The molecule has 1 aliphatic heterocycles. The molecular weight excluding hydrogens is 382 g/mol. The summed E-state index contributed by atoms with van der Waals surface area (Å²) in [5.74, 6) is 2.50. The maximum Gasteiger partial charge on any atom is 0.280 e. The Labute approximate surface area is 173 Å². The maximum atomic E-state index is 12.8. The molecule has 1 saturated carbocycles. The van der Waals surface area contributed by atoms with Gasteiger partial charge in [-0.15, -0.1) is 0 Å². The molecule has 0 radical (unpaired) electrons. The van der Waals surface area contributed by atoms with Gasteiger partial charge in [0.2, 0.25) is 5.89 Å². The molecule has 0 amide bonds. The zero-order chi connectivity index (χ0) is 21.3. The van der Waals surface area contributed by atoms with E-state index in [4.69, 9.17) is 5.89 Å². The second kappa shape index (κ2) is 6.25. The van der Waals surface area contributed by atoms with Crippen LogP contribution in [-0.4, -0.2) is 42.3 Å². The lowest BCUT2D eigenvalue weighted by atomic mass is 10.2. The minimum absolute atomic E-state index is 0.00240. The van der Waals surface area contributed by atoms with Crippen molar-refractivity contribution in [2.24, 2.45) is 18.9 Å². The third-order valence-corrected chi connectivity index (χ3v) is 6.28. The molecular formula is C21H21N7O2. The van der Waals surface area contributed by atoms with Crippen molar-refractivity contribution < 1.29 is 5.89 Å². The molecule has 1 aliphatic carbocycles. The Kier molecular flexibility index (Phi) is 3.40. The number of benzene rings is 1. The minimum Gasteiger partial charge on any atom is -0.371 e. The largest absolute Gasteiger partial charge is 0.371 e. The van der Waals surface area contributed by atoms with Gasteiger partial charge < -0.3 is 14.0 Å². The average Bonchev–Trinajstić information content (AvgIpc) is 3.12. The van der Waals surface area contributed by atoms with Gasteiger partial charge in [0.15, 0.2) is 17.0 Å². The lowest BCUT2D eigenvalue weighted by molar-refractivity contribution is 0.363. The molecule has 1 saturated heterocycles. The van der Waals surface area contributed by atoms with Crippen LogP contribution in [0.15, 0.2) is 46.2 Å². The van der Waals surface area contributed by atoms with Crippen molar-refractivity contribution in [3.05, 3.63) is 64.5 Å². The number of nitrogens with zero attached hydrogens (tertiary/aromatic N) is 7. The Morgan fingerprint density at radius 1 is 1.27 bits per heavy atom. The Hall–Kier alpha value is -3.49. The van der Waals surface area contributed by atoms with Gasteiger partial charge in [-0.3, -0.25) is 9.36 Å². The number of hydrogen-bond acceptors (Lipinski definition) is 7. The minimum atomic E-state index is -0.282. The Bertz CT molecular complexity index is 1360. The summed E-state index contributed by atoms with van der Waals surface area (Å²) in [6.45, 7) is 4.25. The molecule has 1 aromatic carbocycles. The predicted octanol–water partition coefficient (Wildman–Crippen LogP) is 1.72. The number of aryl methyl sites for hydroxylation is 2. The van der Waals surface area contributed by atoms with E-state index >= 15 is 0 Å². The standard InChI is InChI=1S/C21H21N7O2/c1-12-4-3-5-13(6-12)27-7-14-15(8-27)17(14)19-24-16(30-25-19)9-28-11-23-20-18(21(28)29)26(2)10-22-20/h3-6,10-11,14-15,17H,7-9H2,1-2H3/i10D. The van der Waals surface area contributed by atoms with E-state index in [1.54, 1.807) is 7.05 Å². The van der Waals surface area contributed by atoms with Crippen molar-refractivity contribution in [2.75, 3.05) is 18.0 Å². The van der Waals surface area contributed by atoms with Crippen molar-refractivity contribution >= 4 is 16.9 Å². The van der Waals surface area contributed by atoms with E-state index in [0.29, 0.717) is 29.2 Å². The summed E-state index contributed by atoms with van der Waals surface area (Å²) in [5, 5.41) is 4.19. The highest BCUT2D eigenvalue weighted by Crippen LogP contribution is 2.57. The number of piperidine rings is 1. The Morgan fingerprint density at radius 3 is 2.90 bits per heavy atom. The van der Waals surface area contributed by atoms with Gasteiger partial charge in [-0.05, 0) is 36.5 Å². The Morgan fingerprint density at radius 2 is 2.10 bits per heavy atom. The second-order valence-electron chi connectivity index (χ2n) is 8.26. The molecule has 4 heterocycles. The van der Waals surface area contributed by atoms with Gasteiger partial charge in [0, 0.05) is 31.7 Å². The molecule has 0 N–H and O–H groups in total. The fraction of sp³-hybridized carbons (Fsp3) is 0.381. The summed E-state index contributed by atoms with van der Waals surface area (Å²) >= 11 is 0. The highest BCUT2D eigenvalue weighted by atomic mass is 16.5. The third kappa shape index (κ3) is 2.65. The number of imidazole rings is 1. The van der Waals surface area contributed by atoms with E-state index in [9.17, 15) is 4.79 Å². The molecule has 9 heteroatoms. The molecule has 152 valence electrons. The number of anilines is 1. The van der Waals surface area contributed by atoms with Crippen LogP contribution in [0, 0.1) is 18.8 Å². The topological polar surface area (TPSA) is 94.9 Å². The monoisotopic (exact) mass is 404 g/mol. The van der Waals surface area contributed by atoms with Crippen LogP contribution in [0.25, 0.3) is 11.2 Å². The third-order valence-electron chi connectivity index (χ3n) is 6.28. The van der Waals surface area contributed by atoms with Crippen molar-refractivity contribution in [1.29, 1.82) is 0 Å². The van der Waals surface area contributed by atoms with Gasteiger partial charge in [-0.2, -0.15) is 4.98 Å².